The molecule has 9 heteroatoms. The smallest absolute Gasteiger partial charge is 0.254 e. The van der Waals surface area contributed by atoms with Crippen molar-refractivity contribution < 1.29 is 14.3 Å². The minimum Gasteiger partial charge on any atom is -0.382 e. The quantitative estimate of drug-likeness (QED) is 0.199. The van der Waals surface area contributed by atoms with Crippen LogP contribution in [0.3, 0.4) is 0 Å². The van der Waals surface area contributed by atoms with Crippen LogP contribution < -0.4 is 16.0 Å². The number of piperazine rings is 1. The lowest BCUT2D eigenvalue weighted by Crippen LogP contribution is -2.49. The topological polar surface area (TPSA) is 95.1 Å². The molecule has 0 spiro atoms. The maximum absolute atomic E-state index is 12.5. The van der Waals surface area contributed by atoms with Crippen molar-refractivity contribution in [1.29, 1.82) is 0 Å². The van der Waals surface area contributed by atoms with E-state index >= 15 is 0 Å². The van der Waals surface area contributed by atoms with Crippen molar-refractivity contribution in [3.8, 4) is 0 Å². The fourth-order valence-electron chi connectivity index (χ4n) is 2.85. The van der Waals surface area contributed by atoms with E-state index in [0.29, 0.717) is 25.2 Å². The number of carbonyl (C=O) groups excluding carboxylic acids is 2. The molecule has 8 nitrogen and oxygen atoms in total. The Morgan fingerprint density at radius 3 is 2.66 bits per heavy atom. The van der Waals surface area contributed by atoms with Crippen molar-refractivity contribution in [1.82, 2.24) is 20.9 Å². The fraction of sp³-hybridized carbons (Fsp3) is 0.550. The first-order valence-electron chi connectivity index (χ1n) is 9.81. The van der Waals surface area contributed by atoms with Crippen LogP contribution in [0.1, 0.15) is 35.7 Å². The molecular weight excluding hydrogens is 485 g/mol. The van der Waals surface area contributed by atoms with E-state index in [1.54, 1.807) is 24.1 Å². The molecule has 1 aliphatic rings. The Bertz CT molecular complexity index is 667. The van der Waals surface area contributed by atoms with Crippen LogP contribution in [-0.4, -0.2) is 69.1 Å². The number of carbonyl (C=O) groups is 2. The molecule has 0 aliphatic carbocycles. The molecule has 0 aromatic heterocycles. The third-order valence-electron chi connectivity index (χ3n) is 4.42. The number of aliphatic imine (C=N–C) groups is 1. The average molecular weight is 517 g/mol. The highest BCUT2D eigenvalue weighted by molar-refractivity contribution is 14.0. The number of hydrogen-bond acceptors (Lipinski definition) is 4. The maximum atomic E-state index is 12.5. The molecule has 2 rings (SSSR count). The van der Waals surface area contributed by atoms with Gasteiger partial charge in [0.05, 0.1) is 6.54 Å². The zero-order chi connectivity index (χ0) is 20.2. The van der Waals surface area contributed by atoms with Crippen LogP contribution in [0.15, 0.2) is 29.3 Å². The van der Waals surface area contributed by atoms with Crippen molar-refractivity contribution in [3.63, 3.8) is 0 Å². The predicted molar refractivity (Wildman–Crippen MR) is 125 cm³/mol. The molecule has 1 heterocycles. The summed E-state index contributed by atoms with van der Waals surface area (Å²) in [7, 11) is 1.74. The van der Waals surface area contributed by atoms with Gasteiger partial charge in [-0.1, -0.05) is 12.1 Å². The van der Waals surface area contributed by atoms with Gasteiger partial charge in [-0.3, -0.25) is 14.6 Å². The molecule has 0 atom stereocenters. The molecule has 0 unspecified atom stereocenters. The number of guanidine groups is 1. The largest absolute Gasteiger partial charge is 0.382 e. The Balaban J connectivity index is 0.00000420. The molecule has 29 heavy (non-hydrogen) atoms. The fourth-order valence-corrected chi connectivity index (χ4v) is 2.85. The highest BCUT2D eigenvalue weighted by Crippen LogP contribution is 2.09. The van der Waals surface area contributed by atoms with Crippen LogP contribution >= 0.6 is 24.0 Å². The zero-order valence-electron chi connectivity index (χ0n) is 17.2. The summed E-state index contributed by atoms with van der Waals surface area (Å²) in [6.07, 6.45) is 2.04. The SMILES string of the molecule is CCOCCCCNC(=NC)NCc1ccc(C(=O)N2CCNC(=O)C2)cc1.I. The van der Waals surface area contributed by atoms with Gasteiger partial charge in [-0.05, 0) is 37.5 Å². The number of amides is 2. The summed E-state index contributed by atoms with van der Waals surface area (Å²) in [5, 5.41) is 9.27. The first kappa shape index (κ1) is 25.2. The van der Waals surface area contributed by atoms with E-state index in [1.165, 1.54) is 0 Å². The Kier molecular flexibility index (Phi) is 12.3. The number of halogens is 1. The van der Waals surface area contributed by atoms with Gasteiger partial charge in [0.25, 0.3) is 5.91 Å². The van der Waals surface area contributed by atoms with Crippen molar-refractivity contribution in [2.45, 2.75) is 26.3 Å². The van der Waals surface area contributed by atoms with Gasteiger partial charge in [0.2, 0.25) is 5.91 Å². The van der Waals surface area contributed by atoms with Crippen LogP contribution in [0, 0.1) is 0 Å². The summed E-state index contributed by atoms with van der Waals surface area (Å²) in [6, 6.07) is 7.44. The molecule has 0 bridgehead atoms. The molecule has 2 amide bonds. The van der Waals surface area contributed by atoms with E-state index < -0.39 is 0 Å². The summed E-state index contributed by atoms with van der Waals surface area (Å²) >= 11 is 0. The maximum Gasteiger partial charge on any atom is 0.254 e. The molecule has 0 radical (unpaired) electrons. The highest BCUT2D eigenvalue weighted by Gasteiger charge is 2.22. The van der Waals surface area contributed by atoms with E-state index in [9.17, 15) is 9.59 Å². The average Bonchev–Trinajstić information content (AvgIpc) is 2.72. The van der Waals surface area contributed by atoms with Gasteiger partial charge in [-0.2, -0.15) is 0 Å². The van der Waals surface area contributed by atoms with E-state index in [4.69, 9.17) is 4.74 Å². The summed E-state index contributed by atoms with van der Waals surface area (Å²) in [5.41, 5.74) is 1.64. The third-order valence-corrected chi connectivity index (χ3v) is 4.42. The number of benzene rings is 1. The van der Waals surface area contributed by atoms with Crippen LogP contribution in [0.4, 0.5) is 0 Å². The number of nitrogens with one attached hydrogen (secondary N) is 3. The van der Waals surface area contributed by atoms with Crippen LogP contribution in [-0.2, 0) is 16.1 Å². The molecule has 0 saturated carbocycles. The molecule has 162 valence electrons. The first-order chi connectivity index (χ1) is 13.6. The highest BCUT2D eigenvalue weighted by atomic mass is 127. The second kappa shape index (κ2) is 14.2. The molecule has 1 aliphatic heterocycles. The number of rotatable bonds is 9. The Morgan fingerprint density at radius 2 is 2.00 bits per heavy atom. The molecule has 1 aromatic rings. The number of nitrogens with zero attached hydrogens (tertiary/aromatic N) is 2. The lowest BCUT2D eigenvalue weighted by Gasteiger charge is -2.26. The van der Waals surface area contributed by atoms with Crippen molar-refractivity contribution in [2.24, 2.45) is 4.99 Å². The molecule has 1 aromatic carbocycles. The van der Waals surface area contributed by atoms with E-state index in [-0.39, 0.29) is 42.3 Å². The van der Waals surface area contributed by atoms with Gasteiger partial charge >= 0.3 is 0 Å². The van der Waals surface area contributed by atoms with Crippen LogP contribution in [0.2, 0.25) is 0 Å². The van der Waals surface area contributed by atoms with Gasteiger partial charge in [-0.15, -0.1) is 24.0 Å². The number of unbranched alkanes of at least 4 members (excludes halogenated alkanes) is 1. The Hall–Kier alpha value is -1.88. The van der Waals surface area contributed by atoms with Gasteiger partial charge in [-0.25, -0.2) is 0 Å². The summed E-state index contributed by atoms with van der Waals surface area (Å²) in [6.45, 7) is 6.16. The molecule has 1 fully saturated rings. The zero-order valence-corrected chi connectivity index (χ0v) is 19.5. The van der Waals surface area contributed by atoms with Crippen molar-refractivity contribution >= 4 is 41.8 Å². The summed E-state index contributed by atoms with van der Waals surface area (Å²) in [4.78, 5) is 29.7. The minimum atomic E-state index is -0.114. The second-order valence-corrected chi connectivity index (χ2v) is 6.53. The van der Waals surface area contributed by atoms with Crippen LogP contribution in [0.25, 0.3) is 0 Å². The van der Waals surface area contributed by atoms with Gasteiger partial charge < -0.3 is 25.6 Å². The van der Waals surface area contributed by atoms with Gasteiger partial charge in [0.15, 0.2) is 5.96 Å². The van der Waals surface area contributed by atoms with Gasteiger partial charge in [0, 0.05) is 52.0 Å². The normalized spacial score (nSPS) is 14.1. The standard InChI is InChI=1S/C20H31N5O3.HI/c1-3-28-13-5-4-10-23-20(21-2)24-14-16-6-8-17(9-7-16)19(27)25-12-11-22-18(26)15-25;/h6-9H,3-5,10-15H2,1-2H3,(H,22,26)(H2,21,23,24);1H. The van der Waals surface area contributed by atoms with Crippen LogP contribution in [0.5, 0.6) is 0 Å². The van der Waals surface area contributed by atoms with Gasteiger partial charge in [0.1, 0.15) is 0 Å². The molecular formula is C20H32IN5O3. The first-order valence-corrected chi connectivity index (χ1v) is 9.81. The molecule has 1 saturated heterocycles. The van der Waals surface area contributed by atoms with Crippen molar-refractivity contribution in [2.75, 3.05) is 46.4 Å². The Labute approximate surface area is 189 Å². The predicted octanol–water partition coefficient (Wildman–Crippen LogP) is 1.36. The monoisotopic (exact) mass is 517 g/mol. The second-order valence-electron chi connectivity index (χ2n) is 6.53. The third kappa shape index (κ3) is 8.99. The van der Waals surface area contributed by atoms with E-state index in [2.05, 4.69) is 20.9 Å². The Morgan fingerprint density at radius 1 is 1.24 bits per heavy atom. The van der Waals surface area contributed by atoms with E-state index in [1.807, 2.05) is 19.1 Å². The lowest BCUT2D eigenvalue weighted by atomic mass is 10.1. The number of ether oxygens (including phenoxy) is 1. The summed E-state index contributed by atoms with van der Waals surface area (Å²) in [5.74, 6) is 0.520. The number of hydrogen-bond donors (Lipinski definition) is 3. The van der Waals surface area contributed by atoms with Crippen molar-refractivity contribution in [3.05, 3.63) is 35.4 Å². The molecule has 3 N–H and O–H groups in total. The summed E-state index contributed by atoms with van der Waals surface area (Å²) < 4.78 is 5.32. The lowest BCUT2D eigenvalue weighted by molar-refractivity contribution is -0.123. The van der Waals surface area contributed by atoms with E-state index in [0.717, 1.165) is 44.1 Å². The minimum absolute atomic E-state index is 0.